The monoisotopic (exact) mass is 264 g/mol. The van der Waals surface area contributed by atoms with Crippen LogP contribution in [0.4, 0.5) is 0 Å². The summed E-state index contributed by atoms with van der Waals surface area (Å²) in [4.78, 5) is 0. The van der Waals surface area contributed by atoms with Gasteiger partial charge in [0.1, 0.15) is 13.6 Å². The Balaban J connectivity index is 1.69. The van der Waals surface area contributed by atoms with Crippen LogP contribution >= 0.6 is 0 Å². The SMILES string of the molecule is [B]c1ccc(-c2ccc(OC3CCCCO3)cc2)cc1. The van der Waals surface area contributed by atoms with Crippen LogP contribution in [0.2, 0.25) is 0 Å². The molecule has 2 radical (unpaired) electrons. The predicted molar refractivity (Wildman–Crippen MR) is 81.5 cm³/mol. The third-order valence-electron chi connectivity index (χ3n) is 3.50. The molecule has 1 aliphatic rings. The average molecular weight is 264 g/mol. The maximum Gasteiger partial charge on any atom is 0.199 e. The van der Waals surface area contributed by atoms with Crippen molar-refractivity contribution in [2.24, 2.45) is 0 Å². The molecule has 0 spiro atoms. The van der Waals surface area contributed by atoms with Crippen molar-refractivity contribution in [3.05, 3.63) is 48.5 Å². The Hall–Kier alpha value is -1.74. The van der Waals surface area contributed by atoms with Gasteiger partial charge in [-0.3, -0.25) is 0 Å². The standard InChI is InChI=1S/C17H17BO2/c18-15-8-4-13(5-9-15)14-6-10-16(11-7-14)20-17-3-1-2-12-19-17/h4-11,17H,1-3,12H2. The minimum atomic E-state index is -0.0916. The first-order valence-electron chi connectivity index (χ1n) is 7.05. The largest absolute Gasteiger partial charge is 0.465 e. The molecule has 1 atom stereocenters. The molecule has 0 bridgehead atoms. The van der Waals surface area contributed by atoms with Gasteiger partial charge in [-0.15, -0.1) is 0 Å². The third kappa shape index (κ3) is 3.23. The van der Waals surface area contributed by atoms with Gasteiger partial charge >= 0.3 is 0 Å². The molecule has 1 unspecified atom stereocenters. The maximum atomic E-state index is 5.82. The van der Waals surface area contributed by atoms with E-state index in [0.29, 0.717) is 0 Å². The van der Waals surface area contributed by atoms with Crippen molar-refractivity contribution in [3.63, 3.8) is 0 Å². The summed E-state index contributed by atoms with van der Waals surface area (Å²) in [6, 6.07) is 16.0. The van der Waals surface area contributed by atoms with Crippen LogP contribution in [0, 0.1) is 0 Å². The molecule has 2 aromatic rings. The van der Waals surface area contributed by atoms with Gasteiger partial charge in [-0.2, -0.15) is 0 Å². The van der Waals surface area contributed by atoms with Gasteiger partial charge in [0.05, 0.1) is 6.61 Å². The zero-order valence-corrected chi connectivity index (χ0v) is 11.4. The van der Waals surface area contributed by atoms with Gasteiger partial charge in [-0.25, -0.2) is 0 Å². The fourth-order valence-electron chi connectivity index (χ4n) is 2.36. The molecule has 3 heteroatoms. The summed E-state index contributed by atoms with van der Waals surface area (Å²) in [7, 11) is 5.70. The first-order chi connectivity index (χ1) is 9.81. The number of benzene rings is 2. The highest BCUT2D eigenvalue weighted by Gasteiger charge is 2.14. The number of hydrogen-bond donors (Lipinski definition) is 0. The van der Waals surface area contributed by atoms with Crippen molar-refractivity contribution in [2.45, 2.75) is 25.6 Å². The Labute approximate surface area is 121 Å². The Morgan fingerprint density at radius 1 is 0.900 bits per heavy atom. The lowest BCUT2D eigenvalue weighted by Gasteiger charge is -2.23. The first kappa shape index (κ1) is 13.3. The van der Waals surface area contributed by atoms with Crippen molar-refractivity contribution < 1.29 is 9.47 Å². The zero-order chi connectivity index (χ0) is 13.8. The molecule has 1 saturated heterocycles. The lowest BCUT2D eigenvalue weighted by molar-refractivity contribution is -0.105. The third-order valence-corrected chi connectivity index (χ3v) is 3.50. The van der Waals surface area contributed by atoms with Crippen LogP contribution in [0.3, 0.4) is 0 Å². The van der Waals surface area contributed by atoms with Gasteiger partial charge in [0.25, 0.3) is 0 Å². The van der Waals surface area contributed by atoms with Gasteiger partial charge in [-0.05, 0) is 36.1 Å². The van der Waals surface area contributed by atoms with Crippen LogP contribution in [-0.4, -0.2) is 20.7 Å². The number of hydrogen-bond acceptors (Lipinski definition) is 2. The second kappa shape index (κ2) is 6.14. The van der Waals surface area contributed by atoms with Gasteiger partial charge in [0.2, 0.25) is 0 Å². The minimum absolute atomic E-state index is 0.0916. The Bertz CT molecular complexity index is 542. The summed E-state index contributed by atoms with van der Waals surface area (Å²) < 4.78 is 11.4. The molecule has 1 heterocycles. The molecule has 2 nitrogen and oxygen atoms in total. The molecule has 1 fully saturated rings. The smallest absolute Gasteiger partial charge is 0.199 e. The maximum absolute atomic E-state index is 5.82. The van der Waals surface area contributed by atoms with E-state index in [2.05, 4.69) is 12.1 Å². The summed E-state index contributed by atoms with van der Waals surface area (Å²) >= 11 is 0. The van der Waals surface area contributed by atoms with Gasteiger partial charge in [0.15, 0.2) is 6.29 Å². The second-order valence-electron chi connectivity index (χ2n) is 5.06. The van der Waals surface area contributed by atoms with Gasteiger partial charge in [-0.1, -0.05) is 41.9 Å². The molecule has 0 saturated carbocycles. The van der Waals surface area contributed by atoms with Crippen LogP contribution in [0.25, 0.3) is 11.1 Å². The van der Waals surface area contributed by atoms with Crippen molar-refractivity contribution in [1.82, 2.24) is 0 Å². The fraction of sp³-hybridized carbons (Fsp3) is 0.294. The second-order valence-corrected chi connectivity index (χ2v) is 5.06. The normalized spacial score (nSPS) is 18.7. The summed E-state index contributed by atoms with van der Waals surface area (Å²) in [5.41, 5.74) is 3.09. The predicted octanol–water partition coefficient (Wildman–Crippen LogP) is 3.05. The van der Waals surface area contributed by atoms with Crippen molar-refractivity contribution >= 4 is 13.3 Å². The van der Waals surface area contributed by atoms with Crippen LogP contribution in [0.15, 0.2) is 48.5 Å². The lowest BCUT2D eigenvalue weighted by Crippen LogP contribution is -2.24. The van der Waals surface area contributed by atoms with Crippen LogP contribution in [-0.2, 0) is 4.74 Å². The van der Waals surface area contributed by atoms with E-state index < -0.39 is 0 Å². The van der Waals surface area contributed by atoms with E-state index in [4.69, 9.17) is 17.3 Å². The van der Waals surface area contributed by atoms with Crippen LogP contribution < -0.4 is 10.2 Å². The van der Waals surface area contributed by atoms with Crippen LogP contribution in [0.1, 0.15) is 19.3 Å². The zero-order valence-electron chi connectivity index (χ0n) is 11.4. The molecule has 2 aromatic carbocycles. The highest BCUT2D eigenvalue weighted by molar-refractivity contribution is 6.32. The molecular formula is C17H17BO2. The minimum Gasteiger partial charge on any atom is -0.465 e. The Morgan fingerprint density at radius 2 is 1.55 bits per heavy atom. The highest BCUT2D eigenvalue weighted by atomic mass is 16.7. The fourth-order valence-corrected chi connectivity index (χ4v) is 2.36. The molecular weight excluding hydrogens is 247 g/mol. The average Bonchev–Trinajstić information content (AvgIpc) is 2.50. The summed E-state index contributed by atoms with van der Waals surface area (Å²) in [6.07, 6.45) is 3.19. The van der Waals surface area contributed by atoms with Crippen molar-refractivity contribution in [3.8, 4) is 16.9 Å². The first-order valence-corrected chi connectivity index (χ1v) is 7.05. The van der Waals surface area contributed by atoms with E-state index in [1.807, 2.05) is 36.4 Å². The van der Waals surface area contributed by atoms with E-state index >= 15 is 0 Å². The van der Waals surface area contributed by atoms with E-state index in [0.717, 1.165) is 41.8 Å². The van der Waals surface area contributed by atoms with Gasteiger partial charge < -0.3 is 9.47 Å². The lowest BCUT2D eigenvalue weighted by atomic mass is 9.94. The Morgan fingerprint density at radius 3 is 2.15 bits per heavy atom. The molecule has 0 N–H and O–H groups in total. The molecule has 20 heavy (non-hydrogen) atoms. The summed E-state index contributed by atoms with van der Waals surface area (Å²) in [6.45, 7) is 0.800. The summed E-state index contributed by atoms with van der Waals surface area (Å²) in [5.74, 6) is 0.857. The molecule has 0 aliphatic carbocycles. The molecule has 0 aromatic heterocycles. The summed E-state index contributed by atoms with van der Waals surface area (Å²) in [5, 5.41) is 0. The van der Waals surface area contributed by atoms with Gasteiger partial charge in [0, 0.05) is 6.42 Å². The Kier molecular flexibility index (Phi) is 4.07. The quantitative estimate of drug-likeness (QED) is 0.793. The van der Waals surface area contributed by atoms with E-state index in [1.165, 1.54) is 6.42 Å². The topological polar surface area (TPSA) is 18.5 Å². The molecule has 3 rings (SSSR count). The number of rotatable bonds is 3. The molecule has 0 amide bonds. The van der Waals surface area contributed by atoms with Crippen molar-refractivity contribution in [1.29, 1.82) is 0 Å². The van der Waals surface area contributed by atoms with Crippen molar-refractivity contribution in [2.75, 3.05) is 6.61 Å². The van der Waals surface area contributed by atoms with Crippen LogP contribution in [0.5, 0.6) is 5.75 Å². The molecule has 1 aliphatic heterocycles. The van der Waals surface area contributed by atoms with E-state index in [1.54, 1.807) is 0 Å². The van der Waals surface area contributed by atoms with E-state index in [9.17, 15) is 0 Å². The van der Waals surface area contributed by atoms with E-state index in [-0.39, 0.29) is 6.29 Å². The molecule has 100 valence electrons. The highest BCUT2D eigenvalue weighted by Crippen LogP contribution is 2.24. The number of ether oxygens (including phenoxy) is 2.